The van der Waals surface area contributed by atoms with E-state index in [0.29, 0.717) is 43.2 Å². The summed E-state index contributed by atoms with van der Waals surface area (Å²) >= 11 is 0. The van der Waals surface area contributed by atoms with E-state index in [1.54, 1.807) is 16.8 Å². The number of fused-ring (bicyclic) bond motifs is 3. The largest absolute Gasteiger partial charge is 0.494 e. The van der Waals surface area contributed by atoms with Crippen LogP contribution in [-0.2, 0) is 39.7 Å². The molecule has 10 nitrogen and oxygen atoms in total. The van der Waals surface area contributed by atoms with E-state index in [0.717, 1.165) is 30.4 Å². The highest BCUT2D eigenvalue weighted by Crippen LogP contribution is 2.44. The Balaban J connectivity index is 1.36. The van der Waals surface area contributed by atoms with Crippen molar-refractivity contribution in [2.45, 2.75) is 69.6 Å². The maximum atomic E-state index is 13.5. The van der Waals surface area contributed by atoms with Gasteiger partial charge in [-0.2, -0.15) is 18.3 Å². The fourth-order valence-electron chi connectivity index (χ4n) is 5.49. The van der Waals surface area contributed by atoms with Crippen molar-refractivity contribution in [2.24, 2.45) is 5.92 Å². The van der Waals surface area contributed by atoms with E-state index in [-0.39, 0.29) is 24.4 Å². The Labute approximate surface area is 230 Å². The van der Waals surface area contributed by atoms with E-state index in [1.807, 2.05) is 6.07 Å². The number of amides is 2. The van der Waals surface area contributed by atoms with Crippen molar-refractivity contribution < 1.29 is 35.9 Å². The molecule has 1 fully saturated rings. The van der Waals surface area contributed by atoms with Crippen LogP contribution in [0.1, 0.15) is 65.7 Å². The van der Waals surface area contributed by atoms with Gasteiger partial charge in [0, 0.05) is 19.4 Å². The molecule has 0 unspecified atom stereocenters. The monoisotopic (exact) mass is 583 g/mol. The summed E-state index contributed by atoms with van der Waals surface area (Å²) in [6.45, 7) is 0.434. The molecular weight excluding hydrogens is 551 g/mol. The van der Waals surface area contributed by atoms with Gasteiger partial charge in [0.05, 0.1) is 17.8 Å². The minimum Gasteiger partial charge on any atom is -0.494 e. The van der Waals surface area contributed by atoms with Crippen LogP contribution >= 0.6 is 0 Å². The molecule has 3 N–H and O–H groups in total. The highest BCUT2D eigenvalue weighted by Gasteiger charge is 2.46. The number of anilines is 1. The lowest BCUT2D eigenvalue weighted by Crippen LogP contribution is -2.50. The number of halogens is 3. The van der Waals surface area contributed by atoms with Gasteiger partial charge in [0.25, 0.3) is 5.91 Å². The number of sulfonamides is 1. The van der Waals surface area contributed by atoms with Crippen molar-refractivity contribution in [3.8, 4) is 5.75 Å². The Hall–Kier alpha value is -3.13. The third kappa shape index (κ3) is 6.27. The summed E-state index contributed by atoms with van der Waals surface area (Å²) in [5.41, 5.74) is 1.87. The second-order valence-corrected chi connectivity index (χ2v) is 12.7. The molecule has 1 spiro atoms. The Morgan fingerprint density at radius 2 is 2.08 bits per heavy atom. The molecule has 5 rings (SSSR count). The fourth-order valence-corrected chi connectivity index (χ4v) is 6.05. The highest BCUT2D eigenvalue weighted by atomic mass is 32.2. The van der Waals surface area contributed by atoms with Crippen molar-refractivity contribution >= 4 is 27.7 Å². The third-order valence-corrected chi connectivity index (χ3v) is 8.96. The summed E-state index contributed by atoms with van der Waals surface area (Å²) in [6.07, 6.45) is -0.567. The van der Waals surface area contributed by atoms with Gasteiger partial charge in [-0.1, -0.05) is 18.9 Å². The summed E-state index contributed by atoms with van der Waals surface area (Å²) in [5, 5.41) is 10.4. The van der Waals surface area contributed by atoms with Crippen LogP contribution < -0.4 is 20.1 Å². The number of aryl methyl sites for hydroxylation is 2. The standard InChI is InChI=1S/C26H32F3N5O5S/c1-30-40(37,38)15-21(35)31-23-22-20(33-34(23)11-8-16-3-4-16)14-25(32-24(22)36)10-7-17-13-18(5-6-19(17)25)39-12-2-9-26(27,28)29/h5-6,13,16,30H,2-4,7-12,14-15H2,1H3,(H,31,35)(H,32,36)/t25-/m0/s1. The van der Waals surface area contributed by atoms with Gasteiger partial charge in [0.2, 0.25) is 15.9 Å². The molecule has 1 saturated carbocycles. The van der Waals surface area contributed by atoms with E-state index in [4.69, 9.17) is 9.84 Å². The van der Waals surface area contributed by atoms with Crippen LogP contribution in [0.4, 0.5) is 19.0 Å². The lowest BCUT2D eigenvalue weighted by Gasteiger charge is -2.35. The molecule has 0 radical (unpaired) electrons. The van der Waals surface area contributed by atoms with Crippen LogP contribution in [0.3, 0.4) is 0 Å². The van der Waals surface area contributed by atoms with Crippen molar-refractivity contribution in [3.05, 3.63) is 40.6 Å². The number of aromatic nitrogens is 2. The average molecular weight is 584 g/mol. The SMILES string of the molecule is CNS(=O)(=O)CC(=O)Nc1c2c(nn1CCC1CC1)C[C@]1(CCc3cc(OCCCC(F)(F)F)ccc31)NC2=O. The molecule has 0 saturated heterocycles. The Kier molecular flexibility index (Phi) is 7.59. The second kappa shape index (κ2) is 10.7. The van der Waals surface area contributed by atoms with E-state index in [1.165, 1.54) is 7.05 Å². The van der Waals surface area contributed by atoms with E-state index >= 15 is 0 Å². The van der Waals surface area contributed by atoms with Crippen LogP contribution in [0.5, 0.6) is 5.75 Å². The Morgan fingerprint density at radius 1 is 1.30 bits per heavy atom. The molecular formula is C26H32F3N5O5S. The Bertz CT molecular complexity index is 1420. The number of carbonyl (C=O) groups is 2. The predicted octanol–water partition coefficient (Wildman–Crippen LogP) is 3.02. The molecule has 2 heterocycles. The molecule has 1 aliphatic heterocycles. The number of alkyl halides is 3. The first-order valence-electron chi connectivity index (χ1n) is 13.3. The predicted molar refractivity (Wildman–Crippen MR) is 139 cm³/mol. The van der Waals surface area contributed by atoms with Crippen molar-refractivity contribution in [1.82, 2.24) is 19.8 Å². The van der Waals surface area contributed by atoms with Crippen molar-refractivity contribution in [3.63, 3.8) is 0 Å². The molecule has 218 valence electrons. The Morgan fingerprint density at radius 3 is 2.77 bits per heavy atom. The van der Waals surface area contributed by atoms with Gasteiger partial charge in [0.1, 0.15) is 22.9 Å². The summed E-state index contributed by atoms with van der Waals surface area (Å²) < 4.78 is 70.3. The maximum absolute atomic E-state index is 13.5. The van der Waals surface area contributed by atoms with Gasteiger partial charge in [-0.25, -0.2) is 17.8 Å². The summed E-state index contributed by atoms with van der Waals surface area (Å²) in [7, 11) is -2.59. The van der Waals surface area contributed by atoms with Gasteiger partial charge >= 0.3 is 6.18 Å². The number of carbonyl (C=O) groups excluding carboxylic acids is 2. The summed E-state index contributed by atoms with van der Waals surface area (Å²) in [4.78, 5) is 26.1. The number of rotatable bonds is 11. The fraction of sp³-hybridized carbons (Fsp3) is 0.577. The van der Waals surface area contributed by atoms with Crippen molar-refractivity contribution in [2.75, 3.05) is 24.7 Å². The molecule has 2 aromatic rings. The lowest BCUT2D eigenvalue weighted by molar-refractivity contribution is -0.136. The molecule has 1 aromatic heterocycles. The molecule has 1 atom stereocenters. The molecule has 2 amide bonds. The molecule has 0 bridgehead atoms. The van der Waals surface area contributed by atoms with E-state index < -0.39 is 45.7 Å². The molecule has 1 aromatic carbocycles. The molecule has 2 aliphatic carbocycles. The van der Waals surface area contributed by atoms with Gasteiger partial charge in [0.15, 0.2) is 0 Å². The van der Waals surface area contributed by atoms with E-state index in [2.05, 4.69) is 15.4 Å². The van der Waals surface area contributed by atoms with Crippen LogP contribution in [0, 0.1) is 5.92 Å². The number of nitrogens with one attached hydrogen (secondary N) is 3. The van der Waals surface area contributed by atoms with Crippen LogP contribution in [0.25, 0.3) is 0 Å². The normalized spacial score (nSPS) is 20.2. The number of hydrogen-bond donors (Lipinski definition) is 3. The number of hydrogen-bond acceptors (Lipinski definition) is 6. The first-order valence-corrected chi connectivity index (χ1v) is 15.0. The van der Waals surface area contributed by atoms with Crippen LogP contribution in [-0.4, -0.2) is 55.6 Å². The second-order valence-electron chi connectivity index (χ2n) is 10.7. The first kappa shape index (κ1) is 28.4. The number of nitrogens with zero attached hydrogens (tertiary/aromatic N) is 2. The minimum absolute atomic E-state index is 0.0497. The molecule has 14 heteroatoms. The van der Waals surface area contributed by atoms with Gasteiger partial charge in [-0.15, -0.1) is 0 Å². The third-order valence-electron chi connectivity index (χ3n) is 7.70. The smallest absolute Gasteiger partial charge is 0.389 e. The minimum atomic E-state index is -4.22. The zero-order valence-electron chi connectivity index (χ0n) is 22.1. The van der Waals surface area contributed by atoms with Crippen LogP contribution in [0.2, 0.25) is 0 Å². The zero-order valence-corrected chi connectivity index (χ0v) is 22.9. The zero-order chi connectivity index (χ0) is 28.7. The van der Waals surface area contributed by atoms with Gasteiger partial charge in [-0.3, -0.25) is 9.59 Å². The van der Waals surface area contributed by atoms with Gasteiger partial charge < -0.3 is 15.4 Å². The van der Waals surface area contributed by atoms with Crippen LogP contribution in [0.15, 0.2) is 18.2 Å². The topological polar surface area (TPSA) is 131 Å². The number of benzene rings is 1. The lowest BCUT2D eigenvalue weighted by atomic mass is 9.82. The maximum Gasteiger partial charge on any atom is 0.389 e. The molecule has 3 aliphatic rings. The summed E-state index contributed by atoms with van der Waals surface area (Å²) in [5.74, 6) is -0.725. The van der Waals surface area contributed by atoms with Gasteiger partial charge in [-0.05, 0) is 61.9 Å². The quantitative estimate of drug-likeness (QED) is 0.349. The molecule has 40 heavy (non-hydrogen) atoms. The van der Waals surface area contributed by atoms with E-state index in [9.17, 15) is 31.2 Å². The number of ether oxygens (including phenoxy) is 1. The summed E-state index contributed by atoms with van der Waals surface area (Å²) in [6, 6.07) is 5.34. The average Bonchev–Trinajstić information content (AvgIpc) is 3.56. The highest BCUT2D eigenvalue weighted by molar-refractivity contribution is 7.90. The van der Waals surface area contributed by atoms with Crippen molar-refractivity contribution in [1.29, 1.82) is 0 Å². The first-order chi connectivity index (χ1) is 18.9.